The van der Waals surface area contributed by atoms with Crippen LogP contribution in [-0.2, 0) is 20.8 Å². The van der Waals surface area contributed by atoms with Crippen LogP contribution >= 0.6 is 0 Å². The predicted molar refractivity (Wildman–Crippen MR) is 108 cm³/mol. The summed E-state index contributed by atoms with van der Waals surface area (Å²) in [5.74, 6) is -0.716. The second-order valence-electron chi connectivity index (χ2n) is 7.31. The van der Waals surface area contributed by atoms with Crippen LogP contribution in [0.25, 0.3) is 6.08 Å². The topological polar surface area (TPSA) is 57.5 Å². The van der Waals surface area contributed by atoms with Crippen LogP contribution in [0.15, 0.2) is 36.4 Å². The van der Waals surface area contributed by atoms with E-state index in [-0.39, 0.29) is 18.5 Å². The van der Waals surface area contributed by atoms with E-state index >= 15 is 0 Å². The Balaban J connectivity index is 1.57. The minimum Gasteiger partial charge on any atom is -0.454 e. The molecule has 1 aromatic heterocycles. The molecule has 28 heavy (non-hydrogen) atoms. The number of benzene rings is 1. The quantitative estimate of drug-likeness (QED) is 0.413. The molecule has 1 fully saturated rings. The molecule has 1 saturated heterocycles. The number of Topliss-reactive ketones (excluding diaryl/α,β-unsaturated/α-hetero) is 1. The summed E-state index contributed by atoms with van der Waals surface area (Å²) in [6.45, 7) is 7.20. The standard InChI is InChI=1S/C23H27NO4/c1-16-6-4-7-19(12-16)9-10-23(26)28-15-22(25)21-13-17(2)24(18(21)3)14-20-8-5-11-27-20/h4,6-7,9-10,12-13,20H,5,8,11,14-15H2,1-3H3/b10-9+/t20-/m0/s1. The van der Waals surface area contributed by atoms with Crippen molar-refractivity contribution in [3.63, 3.8) is 0 Å². The Hall–Kier alpha value is -2.66. The van der Waals surface area contributed by atoms with Crippen molar-refractivity contribution in [1.29, 1.82) is 0 Å². The second kappa shape index (κ2) is 9.02. The first-order chi connectivity index (χ1) is 13.4. The Morgan fingerprint density at radius 3 is 2.79 bits per heavy atom. The number of hydrogen-bond acceptors (Lipinski definition) is 4. The molecule has 0 aliphatic carbocycles. The van der Waals surface area contributed by atoms with Gasteiger partial charge in [0.05, 0.1) is 6.10 Å². The molecule has 3 rings (SSSR count). The van der Waals surface area contributed by atoms with Gasteiger partial charge in [-0.15, -0.1) is 0 Å². The third-order valence-corrected chi connectivity index (χ3v) is 5.08. The molecule has 1 aliphatic rings. The van der Waals surface area contributed by atoms with E-state index in [0.29, 0.717) is 5.56 Å². The molecule has 0 bridgehead atoms. The fourth-order valence-electron chi connectivity index (χ4n) is 3.56. The molecule has 2 aromatic rings. The van der Waals surface area contributed by atoms with Crippen molar-refractivity contribution in [3.8, 4) is 0 Å². The summed E-state index contributed by atoms with van der Waals surface area (Å²) in [4.78, 5) is 24.5. The fraction of sp³-hybridized carbons (Fsp3) is 0.391. The number of aryl methyl sites for hydroxylation is 2. The summed E-state index contributed by atoms with van der Waals surface area (Å²) in [6, 6.07) is 9.66. The van der Waals surface area contributed by atoms with Crippen molar-refractivity contribution in [1.82, 2.24) is 4.57 Å². The second-order valence-corrected chi connectivity index (χ2v) is 7.31. The van der Waals surface area contributed by atoms with E-state index in [0.717, 1.165) is 48.5 Å². The Morgan fingerprint density at radius 2 is 2.07 bits per heavy atom. The lowest BCUT2D eigenvalue weighted by molar-refractivity contribution is -0.136. The molecule has 0 saturated carbocycles. The number of nitrogens with zero attached hydrogens (tertiary/aromatic N) is 1. The van der Waals surface area contributed by atoms with Crippen LogP contribution in [0.5, 0.6) is 0 Å². The van der Waals surface area contributed by atoms with Gasteiger partial charge in [-0.3, -0.25) is 4.79 Å². The molecular weight excluding hydrogens is 354 g/mol. The fourth-order valence-corrected chi connectivity index (χ4v) is 3.56. The van der Waals surface area contributed by atoms with Crippen molar-refractivity contribution in [2.24, 2.45) is 0 Å². The van der Waals surface area contributed by atoms with E-state index in [1.54, 1.807) is 6.08 Å². The van der Waals surface area contributed by atoms with Gasteiger partial charge in [-0.2, -0.15) is 0 Å². The minimum atomic E-state index is -0.525. The zero-order valence-corrected chi connectivity index (χ0v) is 16.7. The molecule has 148 valence electrons. The first-order valence-electron chi connectivity index (χ1n) is 9.67. The van der Waals surface area contributed by atoms with Gasteiger partial charge in [0.25, 0.3) is 0 Å². The van der Waals surface area contributed by atoms with E-state index in [2.05, 4.69) is 4.57 Å². The SMILES string of the molecule is Cc1cccc(/C=C/C(=O)OCC(=O)c2cc(C)n(C[C@@H]3CCCO3)c2C)c1. The molecule has 0 unspecified atom stereocenters. The summed E-state index contributed by atoms with van der Waals surface area (Å²) < 4.78 is 13.0. The number of aromatic nitrogens is 1. The number of ether oxygens (including phenoxy) is 2. The lowest BCUT2D eigenvalue weighted by atomic mass is 10.1. The monoisotopic (exact) mass is 381 g/mol. The van der Waals surface area contributed by atoms with Crippen LogP contribution in [0.2, 0.25) is 0 Å². The van der Waals surface area contributed by atoms with Crippen molar-refractivity contribution in [2.75, 3.05) is 13.2 Å². The highest BCUT2D eigenvalue weighted by Crippen LogP contribution is 2.20. The van der Waals surface area contributed by atoms with Crippen molar-refractivity contribution < 1.29 is 19.1 Å². The zero-order chi connectivity index (χ0) is 20.1. The van der Waals surface area contributed by atoms with Gasteiger partial charge < -0.3 is 14.0 Å². The molecule has 2 heterocycles. The van der Waals surface area contributed by atoms with Crippen LogP contribution in [0.4, 0.5) is 0 Å². The van der Waals surface area contributed by atoms with Gasteiger partial charge in [0.15, 0.2) is 6.61 Å². The van der Waals surface area contributed by atoms with Gasteiger partial charge in [-0.1, -0.05) is 29.8 Å². The first kappa shape index (κ1) is 20.1. The number of carbonyl (C=O) groups excluding carboxylic acids is 2. The molecule has 0 radical (unpaired) electrons. The Labute approximate surface area is 166 Å². The third-order valence-electron chi connectivity index (χ3n) is 5.08. The molecular formula is C23H27NO4. The normalized spacial score (nSPS) is 16.6. The zero-order valence-electron chi connectivity index (χ0n) is 16.7. The van der Waals surface area contributed by atoms with Gasteiger partial charge in [-0.25, -0.2) is 4.79 Å². The predicted octanol–water partition coefficient (Wildman–Crippen LogP) is 4.03. The molecule has 5 heteroatoms. The highest BCUT2D eigenvalue weighted by atomic mass is 16.5. The Kier molecular flexibility index (Phi) is 6.47. The van der Waals surface area contributed by atoms with Crippen LogP contribution < -0.4 is 0 Å². The van der Waals surface area contributed by atoms with Gasteiger partial charge >= 0.3 is 5.97 Å². The molecule has 1 atom stereocenters. The number of rotatable bonds is 7. The van der Waals surface area contributed by atoms with Crippen LogP contribution in [-0.4, -0.2) is 35.6 Å². The van der Waals surface area contributed by atoms with Gasteiger partial charge in [0, 0.05) is 36.2 Å². The minimum absolute atomic E-state index is 0.191. The van der Waals surface area contributed by atoms with Crippen LogP contribution in [0, 0.1) is 20.8 Å². The third kappa shape index (κ3) is 4.98. The van der Waals surface area contributed by atoms with Crippen molar-refractivity contribution in [3.05, 3.63) is 64.5 Å². The van der Waals surface area contributed by atoms with Crippen LogP contribution in [0.1, 0.15) is 45.7 Å². The van der Waals surface area contributed by atoms with E-state index in [1.165, 1.54) is 6.08 Å². The van der Waals surface area contributed by atoms with Crippen molar-refractivity contribution in [2.45, 2.75) is 46.3 Å². The van der Waals surface area contributed by atoms with E-state index in [1.807, 2.05) is 51.1 Å². The van der Waals surface area contributed by atoms with E-state index < -0.39 is 5.97 Å². The van der Waals surface area contributed by atoms with E-state index in [4.69, 9.17) is 9.47 Å². The van der Waals surface area contributed by atoms with Gasteiger partial charge in [0.1, 0.15) is 0 Å². The number of hydrogen-bond donors (Lipinski definition) is 0. The van der Waals surface area contributed by atoms with Crippen molar-refractivity contribution >= 4 is 17.8 Å². The maximum atomic E-state index is 12.5. The summed E-state index contributed by atoms with van der Waals surface area (Å²) in [7, 11) is 0. The lowest BCUT2D eigenvalue weighted by Crippen LogP contribution is -2.18. The maximum Gasteiger partial charge on any atom is 0.331 e. The molecule has 1 aliphatic heterocycles. The maximum absolute atomic E-state index is 12.5. The largest absolute Gasteiger partial charge is 0.454 e. The first-order valence-corrected chi connectivity index (χ1v) is 9.67. The highest BCUT2D eigenvalue weighted by Gasteiger charge is 2.21. The smallest absolute Gasteiger partial charge is 0.331 e. The highest BCUT2D eigenvalue weighted by molar-refractivity contribution is 6.00. The average Bonchev–Trinajstić information content (AvgIpc) is 3.28. The van der Waals surface area contributed by atoms with Gasteiger partial charge in [0.2, 0.25) is 5.78 Å². The number of ketones is 1. The van der Waals surface area contributed by atoms with Gasteiger partial charge in [-0.05, 0) is 51.3 Å². The Morgan fingerprint density at radius 1 is 1.25 bits per heavy atom. The summed E-state index contributed by atoms with van der Waals surface area (Å²) in [6.07, 6.45) is 5.38. The summed E-state index contributed by atoms with van der Waals surface area (Å²) in [5, 5.41) is 0. The number of esters is 1. The lowest BCUT2D eigenvalue weighted by Gasteiger charge is -2.14. The summed E-state index contributed by atoms with van der Waals surface area (Å²) >= 11 is 0. The summed E-state index contributed by atoms with van der Waals surface area (Å²) in [5.41, 5.74) is 4.54. The molecule has 0 amide bonds. The average molecular weight is 381 g/mol. The molecule has 0 spiro atoms. The molecule has 0 N–H and O–H groups in total. The Bertz CT molecular complexity index is 888. The van der Waals surface area contributed by atoms with Crippen LogP contribution in [0.3, 0.4) is 0 Å². The van der Waals surface area contributed by atoms with E-state index in [9.17, 15) is 9.59 Å². The molecule has 5 nitrogen and oxygen atoms in total. The number of carbonyl (C=O) groups is 2. The molecule has 1 aromatic carbocycles.